The summed E-state index contributed by atoms with van der Waals surface area (Å²) >= 11 is 0. The Balaban J connectivity index is 1.65. The fourth-order valence-electron chi connectivity index (χ4n) is 12.0. The molecule has 0 unspecified atom stereocenters. The maximum atomic E-state index is 14.2. The van der Waals surface area contributed by atoms with Gasteiger partial charge in [0.2, 0.25) is 17.7 Å². The number of nitrogens with one attached hydrogen (secondary N) is 3. The van der Waals surface area contributed by atoms with Crippen LogP contribution >= 0.6 is 0 Å². The van der Waals surface area contributed by atoms with Crippen LogP contribution in [0, 0.1) is 0 Å². The van der Waals surface area contributed by atoms with E-state index in [0.717, 1.165) is 31.9 Å². The third-order valence-corrected chi connectivity index (χ3v) is 13.3. The van der Waals surface area contributed by atoms with E-state index in [2.05, 4.69) is 35.7 Å². The number of piperidine rings is 3. The molecule has 3 aliphatic rings. The molecule has 69 heavy (non-hydrogen) atoms. The summed E-state index contributed by atoms with van der Waals surface area (Å²) in [6.45, 7) is 34.0. The molecule has 3 saturated heterocycles. The predicted octanol–water partition coefficient (Wildman–Crippen LogP) is 4.06. The van der Waals surface area contributed by atoms with Crippen LogP contribution in [0.5, 0.6) is 0 Å². The van der Waals surface area contributed by atoms with Crippen LogP contribution in [0.1, 0.15) is 160 Å². The largest absolute Gasteiger partial charge is 0.336 e. The summed E-state index contributed by atoms with van der Waals surface area (Å²) in [7, 11) is 0. The van der Waals surface area contributed by atoms with Gasteiger partial charge in [0.1, 0.15) is 0 Å². The van der Waals surface area contributed by atoms with Crippen molar-refractivity contribution in [1.82, 2.24) is 44.4 Å². The molecule has 0 saturated carbocycles. The van der Waals surface area contributed by atoms with Crippen molar-refractivity contribution in [2.75, 3.05) is 0 Å². The van der Waals surface area contributed by atoms with Crippen molar-refractivity contribution in [2.45, 2.75) is 231 Å². The maximum absolute atomic E-state index is 14.2. The Labute approximate surface area is 408 Å². The van der Waals surface area contributed by atoms with Crippen LogP contribution in [0.25, 0.3) is 0 Å². The topological polar surface area (TPSA) is 214 Å². The minimum atomic E-state index is -0.960. The Hall–Kier alpha value is -5.07. The minimum absolute atomic E-state index is 0.0506. The van der Waals surface area contributed by atoms with Gasteiger partial charge in [-0.3, -0.25) is 43.5 Å². The van der Waals surface area contributed by atoms with Crippen LogP contribution in [0.15, 0.2) is 52.3 Å². The average Bonchev–Trinajstić information content (AvgIpc) is 3.18. The van der Waals surface area contributed by atoms with Crippen molar-refractivity contribution >= 4 is 35.4 Å². The number of carbonyl (C=O) groups is 6. The van der Waals surface area contributed by atoms with Crippen molar-refractivity contribution in [2.24, 2.45) is 0 Å². The highest BCUT2D eigenvalue weighted by Gasteiger charge is 2.45. The molecule has 4 heterocycles. The summed E-state index contributed by atoms with van der Waals surface area (Å²) in [5.41, 5.74) is -5.24. The van der Waals surface area contributed by atoms with E-state index in [1.807, 2.05) is 83.1 Å². The Morgan fingerprint density at radius 1 is 0.435 bits per heavy atom. The van der Waals surface area contributed by atoms with Gasteiger partial charge >= 0.3 is 17.1 Å². The number of imide groups is 3. The fraction of sp³-hybridized carbons (Fsp3) is 0.706. The van der Waals surface area contributed by atoms with Crippen molar-refractivity contribution in [3.8, 4) is 0 Å². The molecule has 3 N–H and O–H groups in total. The monoisotopic (exact) mass is 964 g/mol. The molecule has 384 valence electrons. The predicted molar refractivity (Wildman–Crippen MR) is 266 cm³/mol. The Bertz CT molecular complexity index is 2030. The normalized spacial score (nSPS) is 20.5. The molecule has 1 aromatic rings. The van der Waals surface area contributed by atoms with Crippen LogP contribution in [-0.4, -0.2) is 115 Å². The third-order valence-electron chi connectivity index (χ3n) is 13.3. The summed E-state index contributed by atoms with van der Waals surface area (Å²) in [5.74, 6) is -3.19. The third kappa shape index (κ3) is 14.5. The van der Waals surface area contributed by atoms with Gasteiger partial charge in [-0.15, -0.1) is 0 Å². The highest BCUT2D eigenvalue weighted by atomic mass is 16.2. The molecule has 3 aliphatic heterocycles. The summed E-state index contributed by atoms with van der Waals surface area (Å²) in [4.78, 5) is 128. The molecule has 0 spiro atoms. The van der Waals surface area contributed by atoms with E-state index in [-0.39, 0.29) is 58.2 Å². The second-order valence-corrected chi connectivity index (χ2v) is 23.4. The number of amides is 6. The lowest BCUT2D eigenvalue weighted by Crippen LogP contribution is -2.63. The summed E-state index contributed by atoms with van der Waals surface area (Å²) in [6.07, 6.45) is 5.41. The van der Waals surface area contributed by atoms with Gasteiger partial charge < -0.3 is 16.0 Å². The van der Waals surface area contributed by atoms with Crippen LogP contribution in [0.4, 0.5) is 0 Å². The van der Waals surface area contributed by atoms with Gasteiger partial charge in [0.05, 0.1) is 0 Å². The lowest BCUT2D eigenvalue weighted by Gasteiger charge is -2.49. The molecule has 3 fully saturated rings. The van der Waals surface area contributed by atoms with Gasteiger partial charge in [0.25, 0.3) is 17.7 Å². The van der Waals surface area contributed by atoms with E-state index in [4.69, 9.17) is 0 Å². The Morgan fingerprint density at radius 2 is 0.623 bits per heavy atom. The molecule has 0 atom stereocenters. The van der Waals surface area contributed by atoms with E-state index >= 15 is 0 Å². The molecule has 4 rings (SSSR count). The Kier molecular flexibility index (Phi) is 17.6. The summed E-state index contributed by atoms with van der Waals surface area (Å²) < 4.78 is 2.57. The van der Waals surface area contributed by atoms with Gasteiger partial charge in [0, 0.05) is 90.3 Å². The van der Waals surface area contributed by atoms with Crippen molar-refractivity contribution in [3.05, 3.63) is 69.4 Å². The lowest BCUT2D eigenvalue weighted by molar-refractivity contribution is -0.148. The highest BCUT2D eigenvalue weighted by molar-refractivity contribution is 6.02. The molecule has 18 heteroatoms. The zero-order chi connectivity index (χ0) is 52.2. The first kappa shape index (κ1) is 56.5. The number of nitrogens with zero attached hydrogens (tertiary/aromatic N) is 6. The summed E-state index contributed by atoms with van der Waals surface area (Å²) in [5, 5.41) is 10.7. The molecule has 0 bridgehead atoms. The zero-order valence-electron chi connectivity index (χ0n) is 43.5. The van der Waals surface area contributed by atoms with Crippen molar-refractivity contribution in [1.29, 1.82) is 0 Å². The highest BCUT2D eigenvalue weighted by Crippen LogP contribution is 2.35. The first-order valence-electron chi connectivity index (χ1n) is 24.5. The van der Waals surface area contributed by atoms with Gasteiger partial charge in [-0.25, -0.2) is 28.1 Å². The summed E-state index contributed by atoms with van der Waals surface area (Å²) in [6, 6.07) is -1.34. The first-order valence-corrected chi connectivity index (χ1v) is 24.5. The van der Waals surface area contributed by atoms with Crippen LogP contribution in [0.2, 0.25) is 0 Å². The van der Waals surface area contributed by atoms with Crippen LogP contribution in [0.3, 0.4) is 0 Å². The first-order chi connectivity index (χ1) is 31.7. The lowest BCUT2D eigenvalue weighted by atomic mass is 9.79. The second-order valence-electron chi connectivity index (χ2n) is 23.4. The standard InChI is InChI=1S/C51H81N9O9/c1-16-37(61)58(34-28-46(4,5)52-47(6,7)29-34)40(64)22-19-25-55-43(67)56(26-20-23-41(65)59(38(62)17-2)35-30-48(8,9)53-49(10,11)31-35)45(69)57(44(55)68)27-21-24-42(66)60(39(63)18-3)36-32-50(12,13)54-51(14,15)33-36/h16-18,34-36,52-54H,1-3,19-33H2,4-15H3. The zero-order valence-corrected chi connectivity index (χ0v) is 43.5. The van der Waals surface area contributed by atoms with Gasteiger partial charge in [-0.2, -0.15) is 0 Å². The van der Waals surface area contributed by atoms with E-state index in [1.165, 1.54) is 14.7 Å². The number of rotatable bonds is 18. The van der Waals surface area contributed by atoms with E-state index < -0.39 is 104 Å². The fourth-order valence-corrected chi connectivity index (χ4v) is 12.0. The van der Waals surface area contributed by atoms with Gasteiger partial charge in [-0.1, -0.05) is 19.7 Å². The van der Waals surface area contributed by atoms with E-state index in [0.29, 0.717) is 38.5 Å². The van der Waals surface area contributed by atoms with E-state index in [9.17, 15) is 43.2 Å². The SMILES string of the molecule is C=CC(=O)N(C(=O)CCCn1c(=O)n(CCCC(=O)N(C(=O)C=C)C2CC(C)(C)NC(C)(C)C2)c(=O)n(CCCC(=O)N(C(=O)C=C)C2CC(C)(C)NC(C)(C)C2)c1=O)C1CC(C)(C)NC(C)(C)C1. The molecule has 6 amide bonds. The smallest absolute Gasteiger partial charge is 0.307 e. The molecular weight excluding hydrogens is 883 g/mol. The van der Waals surface area contributed by atoms with Gasteiger partial charge in [-0.05, 0) is 159 Å². The average molecular weight is 964 g/mol. The molecular formula is C51H81N9O9. The number of carbonyl (C=O) groups excluding carboxylic acids is 6. The molecule has 0 aromatic carbocycles. The van der Waals surface area contributed by atoms with Crippen LogP contribution < -0.4 is 33.0 Å². The maximum Gasteiger partial charge on any atom is 0.336 e. The Morgan fingerprint density at radius 3 is 0.797 bits per heavy atom. The molecule has 18 nitrogen and oxygen atoms in total. The van der Waals surface area contributed by atoms with Crippen molar-refractivity contribution < 1.29 is 28.8 Å². The number of aromatic nitrogens is 3. The van der Waals surface area contributed by atoms with Crippen molar-refractivity contribution in [3.63, 3.8) is 0 Å². The van der Waals surface area contributed by atoms with E-state index in [1.54, 1.807) is 0 Å². The molecule has 0 aliphatic carbocycles. The second kappa shape index (κ2) is 21.5. The van der Waals surface area contributed by atoms with Gasteiger partial charge in [0.15, 0.2) is 0 Å². The minimum Gasteiger partial charge on any atom is -0.307 e. The molecule has 0 radical (unpaired) electrons. The molecule has 1 aromatic heterocycles. The number of hydrogen-bond acceptors (Lipinski definition) is 12. The quantitative estimate of drug-likeness (QED) is 0.178. The van der Waals surface area contributed by atoms with Crippen LogP contribution in [-0.2, 0) is 48.4 Å². The number of hydrogen-bond donors (Lipinski definition) is 3.